The average molecular weight is 336 g/mol. The maximum atomic E-state index is 12.2. The van der Waals surface area contributed by atoms with E-state index >= 15 is 0 Å². The van der Waals surface area contributed by atoms with Gasteiger partial charge in [0.1, 0.15) is 0 Å². The van der Waals surface area contributed by atoms with Crippen molar-refractivity contribution in [3.8, 4) is 17.2 Å². The van der Waals surface area contributed by atoms with Crippen LogP contribution in [0, 0.1) is 0 Å². The lowest BCUT2D eigenvalue weighted by molar-refractivity contribution is -0.136. The van der Waals surface area contributed by atoms with Gasteiger partial charge in [0.2, 0.25) is 5.75 Å². The van der Waals surface area contributed by atoms with Gasteiger partial charge in [0.05, 0.1) is 40.1 Å². The summed E-state index contributed by atoms with van der Waals surface area (Å²) in [6.07, 6.45) is 0. The molecule has 0 radical (unpaired) electrons. The van der Waals surface area contributed by atoms with Gasteiger partial charge in [0.25, 0.3) is 0 Å². The first kappa shape index (κ1) is 17.5. The van der Waals surface area contributed by atoms with Crippen LogP contribution in [0.3, 0.4) is 0 Å². The molecule has 1 atom stereocenters. The minimum atomic E-state index is -0.749. The van der Waals surface area contributed by atoms with Gasteiger partial charge in [0.15, 0.2) is 11.5 Å². The van der Waals surface area contributed by atoms with Crippen LogP contribution < -0.4 is 24.8 Å². The molecule has 0 bridgehead atoms. The zero-order valence-electron chi connectivity index (χ0n) is 14.2. The van der Waals surface area contributed by atoms with Crippen molar-refractivity contribution < 1.29 is 28.5 Å². The number of hydrogen-bond acceptors (Lipinski definition) is 6. The molecule has 0 saturated carbocycles. The molecule has 130 valence electrons. The summed E-state index contributed by atoms with van der Waals surface area (Å²) in [6.45, 7) is 1.63. The van der Waals surface area contributed by atoms with E-state index in [1.165, 1.54) is 28.4 Å². The number of amides is 2. The topological polar surface area (TPSA) is 95.1 Å². The molecule has 1 aliphatic rings. The fourth-order valence-electron chi connectivity index (χ4n) is 2.66. The average Bonchev–Trinajstić information content (AvgIpc) is 2.58. The van der Waals surface area contributed by atoms with Crippen LogP contribution in [0.5, 0.6) is 17.2 Å². The third-order valence-corrected chi connectivity index (χ3v) is 3.72. The molecule has 8 nitrogen and oxygen atoms in total. The van der Waals surface area contributed by atoms with E-state index in [1.54, 1.807) is 19.1 Å². The fraction of sp³-hybridized carbons (Fsp3) is 0.375. The molecular weight excluding hydrogens is 316 g/mol. The highest BCUT2D eigenvalue weighted by molar-refractivity contribution is 5.95. The van der Waals surface area contributed by atoms with E-state index in [0.29, 0.717) is 28.5 Å². The number of carbonyl (C=O) groups is 2. The Hall–Kier alpha value is -2.90. The number of nitrogens with one attached hydrogen (secondary N) is 2. The molecule has 0 aromatic heterocycles. The van der Waals surface area contributed by atoms with Crippen molar-refractivity contribution in [1.82, 2.24) is 10.6 Å². The fourth-order valence-corrected chi connectivity index (χ4v) is 2.66. The summed E-state index contributed by atoms with van der Waals surface area (Å²) in [5.41, 5.74) is 1.24. The second kappa shape index (κ2) is 7.12. The molecule has 1 heterocycles. The molecule has 1 aliphatic heterocycles. The van der Waals surface area contributed by atoms with Gasteiger partial charge in [-0.3, -0.25) is 0 Å². The van der Waals surface area contributed by atoms with Crippen molar-refractivity contribution in [3.05, 3.63) is 29.0 Å². The summed E-state index contributed by atoms with van der Waals surface area (Å²) in [5.74, 6) is 0.644. The van der Waals surface area contributed by atoms with Crippen molar-refractivity contribution in [2.45, 2.75) is 13.0 Å². The molecule has 1 aromatic carbocycles. The molecule has 2 amide bonds. The first-order valence-corrected chi connectivity index (χ1v) is 7.13. The number of methoxy groups -OCH3 is 4. The lowest BCUT2D eigenvalue weighted by Gasteiger charge is -2.29. The third kappa shape index (κ3) is 2.94. The van der Waals surface area contributed by atoms with Crippen molar-refractivity contribution in [1.29, 1.82) is 0 Å². The van der Waals surface area contributed by atoms with Gasteiger partial charge >= 0.3 is 12.0 Å². The molecule has 1 unspecified atom stereocenters. The highest BCUT2D eigenvalue weighted by atomic mass is 16.5. The van der Waals surface area contributed by atoms with E-state index in [1.807, 2.05) is 0 Å². The number of urea groups is 1. The Bertz CT molecular complexity index is 698. The van der Waals surface area contributed by atoms with Crippen LogP contribution in [-0.4, -0.2) is 40.4 Å². The summed E-state index contributed by atoms with van der Waals surface area (Å²) in [6, 6.07) is 2.20. The highest BCUT2D eigenvalue weighted by Gasteiger charge is 2.35. The minimum absolute atomic E-state index is 0.280. The van der Waals surface area contributed by atoms with Crippen molar-refractivity contribution in [2.24, 2.45) is 0 Å². The van der Waals surface area contributed by atoms with Gasteiger partial charge < -0.3 is 29.6 Å². The number of ether oxygens (including phenoxy) is 4. The zero-order valence-corrected chi connectivity index (χ0v) is 14.2. The molecule has 8 heteroatoms. The largest absolute Gasteiger partial charge is 0.493 e. The number of rotatable bonds is 5. The zero-order chi connectivity index (χ0) is 17.9. The second-order valence-electron chi connectivity index (χ2n) is 4.99. The number of esters is 1. The molecule has 24 heavy (non-hydrogen) atoms. The van der Waals surface area contributed by atoms with Crippen LogP contribution in [0.25, 0.3) is 0 Å². The summed E-state index contributed by atoms with van der Waals surface area (Å²) < 4.78 is 20.9. The summed E-state index contributed by atoms with van der Waals surface area (Å²) >= 11 is 0. The Morgan fingerprint density at radius 1 is 1.04 bits per heavy atom. The Morgan fingerprint density at radius 3 is 2.25 bits per heavy atom. The van der Waals surface area contributed by atoms with Gasteiger partial charge in [0, 0.05) is 11.3 Å². The van der Waals surface area contributed by atoms with Crippen LogP contribution in [-0.2, 0) is 9.53 Å². The van der Waals surface area contributed by atoms with E-state index < -0.39 is 18.0 Å². The molecular formula is C16H20N2O6. The lowest BCUT2D eigenvalue weighted by Crippen LogP contribution is -2.45. The molecule has 1 aromatic rings. The van der Waals surface area contributed by atoms with Gasteiger partial charge in [-0.1, -0.05) is 0 Å². The smallest absolute Gasteiger partial charge is 0.337 e. The Balaban J connectivity index is 2.66. The van der Waals surface area contributed by atoms with Crippen molar-refractivity contribution in [2.75, 3.05) is 28.4 Å². The van der Waals surface area contributed by atoms with Crippen LogP contribution in [0.2, 0.25) is 0 Å². The monoisotopic (exact) mass is 336 g/mol. The lowest BCUT2D eigenvalue weighted by atomic mass is 9.94. The number of benzene rings is 1. The SMILES string of the molecule is COC(=O)C1=C(C)NC(=O)NC1c1ccc(OC)c(OC)c1OC. The number of carbonyl (C=O) groups excluding carboxylic acids is 2. The standard InChI is InChI=1S/C16H20N2O6/c1-8-11(15(19)24-5)12(18-16(20)17-8)9-6-7-10(21-2)14(23-4)13(9)22-3/h6-7,12H,1-5H3,(H2,17,18,20). The maximum absolute atomic E-state index is 12.2. The summed E-state index contributed by atoms with van der Waals surface area (Å²) in [4.78, 5) is 24.1. The number of hydrogen-bond donors (Lipinski definition) is 2. The Morgan fingerprint density at radius 2 is 1.71 bits per heavy atom. The molecule has 0 fully saturated rings. The van der Waals surface area contributed by atoms with Crippen molar-refractivity contribution >= 4 is 12.0 Å². The van der Waals surface area contributed by atoms with Gasteiger partial charge in [-0.25, -0.2) is 9.59 Å². The molecule has 0 aliphatic carbocycles. The van der Waals surface area contributed by atoms with Crippen LogP contribution in [0.4, 0.5) is 4.79 Å². The van der Waals surface area contributed by atoms with E-state index in [-0.39, 0.29) is 5.57 Å². The van der Waals surface area contributed by atoms with Crippen LogP contribution >= 0.6 is 0 Å². The Kier molecular flexibility index (Phi) is 5.18. The van der Waals surface area contributed by atoms with E-state index in [4.69, 9.17) is 18.9 Å². The molecule has 2 rings (SSSR count). The highest BCUT2D eigenvalue weighted by Crippen LogP contribution is 2.44. The van der Waals surface area contributed by atoms with E-state index in [2.05, 4.69) is 10.6 Å². The first-order chi connectivity index (χ1) is 11.5. The molecule has 0 spiro atoms. The van der Waals surface area contributed by atoms with Crippen LogP contribution in [0.15, 0.2) is 23.4 Å². The van der Waals surface area contributed by atoms with E-state index in [9.17, 15) is 9.59 Å². The maximum Gasteiger partial charge on any atom is 0.337 e. The third-order valence-electron chi connectivity index (χ3n) is 3.72. The van der Waals surface area contributed by atoms with Crippen molar-refractivity contribution in [3.63, 3.8) is 0 Å². The first-order valence-electron chi connectivity index (χ1n) is 7.13. The Labute approximate surface area is 139 Å². The van der Waals surface area contributed by atoms with Gasteiger partial charge in [-0.2, -0.15) is 0 Å². The summed E-state index contributed by atoms with van der Waals surface area (Å²) in [5, 5.41) is 5.27. The second-order valence-corrected chi connectivity index (χ2v) is 4.99. The quantitative estimate of drug-likeness (QED) is 0.792. The molecule has 2 N–H and O–H groups in total. The minimum Gasteiger partial charge on any atom is -0.493 e. The van der Waals surface area contributed by atoms with E-state index in [0.717, 1.165) is 0 Å². The summed E-state index contributed by atoms with van der Waals surface area (Å²) in [7, 11) is 5.74. The van der Waals surface area contributed by atoms with Crippen LogP contribution in [0.1, 0.15) is 18.5 Å². The molecule has 0 saturated heterocycles. The normalized spacial score (nSPS) is 16.9. The predicted molar refractivity (Wildman–Crippen MR) is 85.2 cm³/mol. The number of allylic oxidation sites excluding steroid dienone is 1. The predicted octanol–water partition coefficient (Wildman–Crippen LogP) is 1.51. The van der Waals surface area contributed by atoms with Gasteiger partial charge in [-0.05, 0) is 19.1 Å². The van der Waals surface area contributed by atoms with Gasteiger partial charge in [-0.15, -0.1) is 0 Å².